The van der Waals surface area contributed by atoms with Crippen LogP contribution in [0, 0.1) is 0 Å². The molecule has 0 saturated carbocycles. The van der Waals surface area contributed by atoms with Gasteiger partial charge >= 0.3 is 0 Å². The van der Waals surface area contributed by atoms with E-state index in [1.54, 1.807) is 0 Å². The van der Waals surface area contributed by atoms with Crippen molar-refractivity contribution in [3.8, 4) is 0 Å². The van der Waals surface area contributed by atoms with Gasteiger partial charge in [0, 0.05) is 37.4 Å². The summed E-state index contributed by atoms with van der Waals surface area (Å²) >= 11 is 6.05. The molecule has 0 radical (unpaired) electrons. The molecule has 1 fully saturated rings. The van der Waals surface area contributed by atoms with Crippen LogP contribution in [0.4, 0.5) is 0 Å². The molecule has 116 valence electrons. The van der Waals surface area contributed by atoms with E-state index < -0.39 is 0 Å². The molecule has 3 rings (SSSR count). The van der Waals surface area contributed by atoms with Gasteiger partial charge in [-0.1, -0.05) is 36.7 Å². The molecule has 1 unspecified atom stereocenters. The van der Waals surface area contributed by atoms with Gasteiger partial charge in [0.15, 0.2) is 0 Å². The lowest BCUT2D eigenvalue weighted by Crippen LogP contribution is -2.45. The SMILES string of the molecule is CCc1ccc(C(c2ccc(Cl)cc2)N2CCNCC2)nc1. The third-order valence-electron chi connectivity index (χ3n) is 4.24. The highest BCUT2D eigenvalue weighted by Gasteiger charge is 2.24. The first-order chi connectivity index (χ1) is 10.8. The average Bonchev–Trinajstić information content (AvgIpc) is 2.58. The van der Waals surface area contributed by atoms with E-state index in [-0.39, 0.29) is 6.04 Å². The largest absolute Gasteiger partial charge is 0.314 e. The first-order valence-corrected chi connectivity index (χ1v) is 8.31. The van der Waals surface area contributed by atoms with Crippen LogP contribution in [0.3, 0.4) is 0 Å². The van der Waals surface area contributed by atoms with Crippen LogP contribution in [0.5, 0.6) is 0 Å². The summed E-state index contributed by atoms with van der Waals surface area (Å²) in [5, 5.41) is 4.19. The van der Waals surface area contributed by atoms with Crippen LogP contribution in [-0.2, 0) is 6.42 Å². The summed E-state index contributed by atoms with van der Waals surface area (Å²) in [6, 6.07) is 12.7. The van der Waals surface area contributed by atoms with Crippen molar-refractivity contribution in [3.05, 3.63) is 64.4 Å². The Morgan fingerprint density at radius 3 is 2.45 bits per heavy atom. The third kappa shape index (κ3) is 3.49. The number of pyridine rings is 1. The molecule has 0 amide bonds. The van der Waals surface area contributed by atoms with E-state index in [0.29, 0.717) is 0 Å². The molecular formula is C18H22ClN3. The van der Waals surface area contributed by atoms with Gasteiger partial charge in [-0.2, -0.15) is 0 Å². The van der Waals surface area contributed by atoms with Crippen molar-refractivity contribution >= 4 is 11.6 Å². The molecule has 0 spiro atoms. The molecule has 0 aliphatic carbocycles. The van der Waals surface area contributed by atoms with Crippen molar-refractivity contribution in [2.24, 2.45) is 0 Å². The second-order valence-corrected chi connectivity index (χ2v) is 6.12. The number of aromatic nitrogens is 1. The molecule has 1 aromatic carbocycles. The Morgan fingerprint density at radius 1 is 1.14 bits per heavy atom. The molecule has 4 heteroatoms. The molecule has 0 bridgehead atoms. The lowest BCUT2D eigenvalue weighted by molar-refractivity contribution is 0.195. The summed E-state index contributed by atoms with van der Waals surface area (Å²) in [6.07, 6.45) is 3.02. The monoisotopic (exact) mass is 315 g/mol. The highest BCUT2D eigenvalue weighted by atomic mass is 35.5. The van der Waals surface area contributed by atoms with E-state index in [4.69, 9.17) is 16.6 Å². The van der Waals surface area contributed by atoms with Crippen LogP contribution in [0.25, 0.3) is 0 Å². The van der Waals surface area contributed by atoms with E-state index in [9.17, 15) is 0 Å². The van der Waals surface area contributed by atoms with Crippen LogP contribution in [-0.4, -0.2) is 36.1 Å². The Labute approximate surface area is 137 Å². The van der Waals surface area contributed by atoms with Crippen molar-refractivity contribution < 1.29 is 0 Å². The van der Waals surface area contributed by atoms with Crippen LogP contribution in [0.2, 0.25) is 5.02 Å². The Kier molecular flexibility index (Phi) is 5.08. The molecule has 1 N–H and O–H groups in total. The number of piperazine rings is 1. The second-order valence-electron chi connectivity index (χ2n) is 5.68. The summed E-state index contributed by atoms with van der Waals surface area (Å²) < 4.78 is 0. The molecule has 22 heavy (non-hydrogen) atoms. The number of rotatable bonds is 4. The van der Waals surface area contributed by atoms with Crippen molar-refractivity contribution in [3.63, 3.8) is 0 Å². The lowest BCUT2D eigenvalue weighted by atomic mass is 10.00. The van der Waals surface area contributed by atoms with Gasteiger partial charge < -0.3 is 5.32 Å². The Bertz CT molecular complexity index is 589. The number of halogens is 1. The quantitative estimate of drug-likeness (QED) is 0.938. The Hall–Kier alpha value is -1.42. The van der Waals surface area contributed by atoms with Crippen LogP contribution >= 0.6 is 11.6 Å². The summed E-state index contributed by atoms with van der Waals surface area (Å²) in [5.41, 5.74) is 3.64. The van der Waals surface area contributed by atoms with Crippen LogP contribution in [0.1, 0.15) is 29.8 Å². The van der Waals surface area contributed by atoms with Gasteiger partial charge in [-0.15, -0.1) is 0 Å². The van der Waals surface area contributed by atoms with Crippen LogP contribution in [0.15, 0.2) is 42.6 Å². The number of nitrogens with zero attached hydrogens (tertiary/aromatic N) is 2. The summed E-state index contributed by atoms with van der Waals surface area (Å²) in [7, 11) is 0. The molecule has 3 nitrogen and oxygen atoms in total. The maximum absolute atomic E-state index is 6.05. The number of hydrogen-bond donors (Lipinski definition) is 1. The first kappa shape index (κ1) is 15.5. The fourth-order valence-electron chi connectivity index (χ4n) is 2.96. The van der Waals surface area contributed by atoms with Gasteiger partial charge in [-0.3, -0.25) is 9.88 Å². The van der Waals surface area contributed by atoms with Gasteiger partial charge in [0.1, 0.15) is 0 Å². The molecule has 1 aromatic heterocycles. The minimum absolute atomic E-state index is 0.199. The normalized spacial score (nSPS) is 17.4. The van der Waals surface area contributed by atoms with Crippen molar-refractivity contribution in [1.29, 1.82) is 0 Å². The zero-order valence-electron chi connectivity index (χ0n) is 12.9. The zero-order valence-corrected chi connectivity index (χ0v) is 13.7. The molecule has 1 aliphatic heterocycles. The minimum atomic E-state index is 0.199. The van der Waals surface area contributed by atoms with Gasteiger partial charge in [-0.05, 0) is 35.7 Å². The Morgan fingerprint density at radius 2 is 1.86 bits per heavy atom. The number of hydrogen-bond acceptors (Lipinski definition) is 3. The van der Waals surface area contributed by atoms with Gasteiger partial charge in [0.2, 0.25) is 0 Å². The zero-order chi connectivity index (χ0) is 15.4. The maximum Gasteiger partial charge on any atom is 0.0777 e. The fraction of sp³-hybridized carbons (Fsp3) is 0.389. The molecular weight excluding hydrogens is 294 g/mol. The predicted octanol–water partition coefficient (Wildman–Crippen LogP) is 3.29. The maximum atomic E-state index is 6.05. The predicted molar refractivity (Wildman–Crippen MR) is 91.4 cm³/mol. The summed E-state index contributed by atoms with van der Waals surface area (Å²) in [5.74, 6) is 0. The van der Waals surface area contributed by atoms with E-state index in [0.717, 1.165) is 43.3 Å². The minimum Gasteiger partial charge on any atom is -0.314 e. The summed E-state index contributed by atoms with van der Waals surface area (Å²) in [6.45, 7) is 6.27. The van der Waals surface area contributed by atoms with Crippen molar-refractivity contribution in [2.75, 3.05) is 26.2 Å². The van der Waals surface area contributed by atoms with Crippen molar-refractivity contribution in [2.45, 2.75) is 19.4 Å². The van der Waals surface area contributed by atoms with E-state index in [2.05, 4.69) is 41.4 Å². The van der Waals surface area contributed by atoms with E-state index >= 15 is 0 Å². The molecule has 1 atom stereocenters. The molecule has 1 saturated heterocycles. The fourth-order valence-corrected chi connectivity index (χ4v) is 3.09. The highest BCUT2D eigenvalue weighted by molar-refractivity contribution is 6.30. The number of aryl methyl sites for hydroxylation is 1. The Balaban J connectivity index is 1.95. The van der Waals surface area contributed by atoms with Crippen molar-refractivity contribution in [1.82, 2.24) is 15.2 Å². The molecule has 2 aromatic rings. The summed E-state index contributed by atoms with van der Waals surface area (Å²) in [4.78, 5) is 7.22. The molecule has 2 heterocycles. The van der Waals surface area contributed by atoms with Gasteiger partial charge in [0.05, 0.1) is 11.7 Å². The molecule has 1 aliphatic rings. The lowest BCUT2D eigenvalue weighted by Gasteiger charge is -2.35. The average molecular weight is 316 g/mol. The van der Waals surface area contributed by atoms with E-state index in [1.165, 1.54) is 11.1 Å². The third-order valence-corrected chi connectivity index (χ3v) is 4.49. The standard InChI is InChI=1S/C18H22ClN3/c1-2-14-3-8-17(21-13-14)18(22-11-9-20-10-12-22)15-4-6-16(19)7-5-15/h3-8,13,18,20H,2,9-12H2,1H3. The second kappa shape index (κ2) is 7.23. The topological polar surface area (TPSA) is 28.2 Å². The van der Waals surface area contributed by atoms with Crippen LogP contribution < -0.4 is 5.32 Å². The first-order valence-electron chi connectivity index (χ1n) is 7.93. The number of benzene rings is 1. The van der Waals surface area contributed by atoms with Gasteiger partial charge in [-0.25, -0.2) is 0 Å². The highest BCUT2D eigenvalue weighted by Crippen LogP contribution is 2.28. The van der Waals surface area contributed by atoms with E-state index in [1.807, 2.05) is 18.3 Å². The van der Waals surface area contributed by atoms with Gasteiger partial charge in [0.25, 0.3) is 0 Å². The number of nitrogens with one attached hydrogen (secondary N) is 1. The smallest absolute Gasteiger partial charge is 0.0777 e.